The van der Waals surface area contributed by atoms with Crippen LogP contribution in [0.15, 0.2) is 22.6 Å². The summed E-state index contributed by atoms with van der Waals surface area (Å²) in [5, 5.41) is 0. The van der Waals surface area contributed by atoms with Crippen LogP contribution in [-0.2, 0) is 6.42 Å². The molecule has 74 valence electrons. The van der Waals surface area contributed by atoms with E-state index in [1.54, 1.807) is 11.8 Å². The second-order valence-corrected chi connectivity index (χ2v) is 4.06. The summed E-state index contributed by atoms with van der Waals surface area (Å²) < 4.78 is 5.55. The van der Waals surface area contributed by atoms with Gasteiger partial charge < -0.3 is 10.2 Å². The molecule has 1 aromatic heterocycles. The van der Waals surface area contributed by atoms with E-state index in [4.69, 9.17) is 10.2 Å². The van der Waals surface area contributed by atoms with Crippen LogP contribution in [0.5, 0.6) is 0 Å². The number of hydrogen-bond acceptors (Lipinski definition) is 4. The van der Waals surface area contributed by atoms with Gasteiger partial charge in [-0.1, -0.05) is 0 Å². The molecule has 0 fully saturated rings. The van der Waals surface area contributed by atoms with Gasteiger partial charge in [-0.25, -0.2) is 4.98 Å². The minimum Gasteiger partial charge on any atom is -0.441 e. The lowest BCUT2D eigenvalue weighted by Gasteiger charge is -1.89. The molecular weight excluding hydrogens is 196 g/mol. The second kappa shape index (κ2) is 3.92. The zero-order chi connectivity index (χ0) is 9.97. The molecule has 0 amide bonds. The third-order valence-corrected chi connectivity index (χ3v) is 2.59. The van der Waals surface area contributed by atoms with Gasteiger partial charge in [0, 0.05) is 17.9 Å². The van der Waals surface area contributed by atoms with E-state index in [9.17, 15) is 0 Å². The molecule has 1 heterocycles. The van der Waals surface area contributed by atoms with Crippen molar-refractivity contribution < 1.29 is 4.42 Å². The highest BCUT2D eigenvalue weighted by Gasteiger charge is 2.04. The predicted molar refractivity (Wildman–Crippen MR) is 60.5 cm³/mol. The Morgan fingerprint density at radius 1 is 1.50 bits per heavy atom. The molecule has 4 heteroatoms. The minimum atomic E-state index is 0.724. The van der Waals surface area contributed by atoms with Gasteiger partial charge in [-0.2, -0.15) is 11.8 Å². The monoisotopic (exact) mass is 208 g/mol. The van der Waals surface area contributed by atoms with Crippen LogP contribution in [0, 0.1) is 0 Å². The lowest BCUT2D eigenvalue weighted by Crippen LogP contribution is -1.86. The Morgan fingerprint density at radius 3 is 3.14 bits per heavy atom. The maximum Gasteiger partial charge on any atom is 0.196 e. The van der Waals surface area contributed by atoms with Crippen LogP contribution in [0.25, 0.3) is 11.1 Å². The molecule has 0 spiro atoms. The standard InChI is InChI=1S/C10H12N2OS/c1-14-5-4-10-12-8-6-7(11)2-3-9(8)13-10/h2-3,6H,4-5,11H2,1H3. The zero-order valence-corrected chi connectivity index (χ0v) is 8.80. The summed E-state index contributed by atoms with van der Waals surface area (Å²) in [6.45, 7) is 0. The summed E-state index contributed by atoms with van der Waals surface area (Å²) in [6.07, 6.45) is 2.94. The summed E-state index contributed by atoms with van der Waals surface area (Å²) in [7, 11) is 0. The normalized spacial score (nSPS) is 10.9. The average molecular weight is 208 g/mol. The number of fused-ring (bicyclic) bond motifs is 1. The van der Waals surface area contributed by atoms with E-state index in [1.807, 2.05) is 18.2 Å². The number of benzene rings is 1. The van der Waals surface area contributed by atoms with Gasteiger partial charge in [-0.15, -0.1) is 0 Å². The lowest BCUT2D eigenvalue weighted by molar-refractivity contribution is 0.539. The molecule has 2 N–H and O–H groups in total. The summed E-state index contributed by atoms with van der Waals surface area (Å²) in [5.41, 5.74) is 8.04. The maximum atomic E-state index is 5.65. The molecule has 3 nitrogen and oxygen atoms in total. The first-order valence-electron chi connectivity index (χ1n) is 4.43. The number of nitrogens with two attached hydrogens (primary N) is 1. The van der Waals surface area contributed by atoms with E-state index >= 15 is 0 Å². The van der Waals surface area contributed by atoms with Crippen molar-refractivity contribution in [3.8, 4) is 0 Å². The van der Waals surface area contributed by atoms with E-state index in [1.165, 1.54) is 0 Å². The molecule has 0 saturated carbocycles. The first-order valence-corrected chi connectivity index (χ1v) is 5.83. The third kappa shape index (κ3) is 1.85. The largest absolute Gasteiger partial charge is 0.441 e. The molecule has 0 atom stereocenters. The number of thioether (sulfide) groups is 1. The second-order valence-electron chi connectivity index (χ2n) is 3.08. The van der Waals surface area contributed by atoms with Crippen molar-refractivity contribution in [3.05, 3.63) is 24.1 Å². The van der Waals surface area contributed by atoms with Gasteiger partial charge >= 0.3 is 0 Å². The molecule has 0 aliphatic carbocycles. The van der Waals surface area contributed by atoms with Gasteiger partial charge in [0.05, 0.1) is 0 Å². The summed E-state index contributed by atoms with van der Waals surface area (Å²) in [6, 6.07) is 5.52. The number of nitrogen functional groups attached to an aromatic ring is 1. The molecule has 0 unspecified atom stereocenters. The molecule has 0 saturated heterocycles. The average Bonchev–Trinajstić information content (AvgIpc) is 2.56. The number of oxazole rings is 1. The number of aromatic nitrogens is 1. The number of rotatable bonds is 3. The first kappa shape index (κ1) is 9.40. The van der Waals surface area contributed by atoms with E-state index in [-0.39, 0.29) is 0 Å². The van der Waals surface area contributed by atoms with Gasteiger partial charge in [-0.3, -0.25) is 0 Å². The number of nitrogens with zero attached hydrogens (tertiary/aromatic N) is 1. The van der Waals surface area contributed by atoms with Crippen LogP contribution in [0.1, 0.15) is 5.89 Å². The maximum absolute atomic E-state index is 5.65. The lowest BCUT2D eigenvalue weighted by atomic mass is 10.3. The first-order chi connectivity index (χ1) is 6.79. The minimum absolute atomic E-state index is 0.724. The molecule has 0 bridgehead atoms. The Balaban J connectivity index is 2.32. The van der Waals surface area contributed by atoms with E-state index in [0.29, 0.717) is 0 Å². The zero-order valence-electron chi connectivity index (χ0n) is 7.99. The quantitative estimate of drug-likeness (QED) is 0.786. The highest BCUT2D eigenvalue weighted by Crippen LogP contribution is 2.18. The van der Waals surface area contributed by atoms with E-state index in [0.717, 1.165) is 34.9 Å². The van der Waals surface area contributed by atoms with Crippen LogP contribution >= 0.6 is 11.8 Å². The Bertz CT molecular complexity index is 439. The number of hydrogen-bond donors (Lipinski definition) is 1. The fourth-order valence-corrected chi connectivity index (χ4v) is 1.67. The summed E-state index contributed by atoms with van der Waals surface area (Å²) >= 11 is 1.78. The number of aryl methyl sites for hydroxylation is 1. The highest BCUT2D eigenvalue weighted by molar-refractivity contribution is 7.98. The van der Waals surface area contributed by atoms with Crippen LogP contribution in [0.4, 0.5) is 5.69 Å². The van der Waals surface area contributed by atoms with E-state index < -0.39 is 0 Å². The van der Waals surface area contributed by atoms with E-state index in [2.05, 4.69) is 11.2 Å². The number of anilines is 1. The molecule has 0 aliphatic rings. The highest BCUT2D eigenvalue weighted by atomic mass is 32.2. The SMILES string of the molecule is CSCCc1nc2cc(N)ccc2o1. The van der Waals surface area contributed by atoms with Crippen molar-refractivity contribution >= 4 is 28.5 Å². The van der Waals surface area contributed by atoms with Crippen LogP contribution in [0.3, 0.4) is 0 Å². The summed E-state index contributed by atoms with van der Waals surface area (Å²) in [4.78, 5) is 4.35. The van der Waals surface area contributed by atoms with Gasteiger partial charge in [0.15, 0.2) is 11.5 Å². The Labute approximate surface area is 86.7 Å². The van der Waals surface area contributed by atoms with Gasteiger partial charge in [-0.05, 0) is 24.5 Å². The van der Waals surface area contributed by atoms with Crippen molar-refractivity contribution in [3.63, 3.8) is 0 Å². The third-order valence-electron chi connectivity index (χ3n) is 1.98. The van der Waals surface area contributed by atoms with Gasteiger partial charge in [0.25, 0.3) is 0 Å². The Hall–Kier alpha value is -1.16. The predicted octanol–water partition coefficient (Wildman–Crippen LogP) is 2.32. The molecule has 2 rings (SSSR count). The van der Waals surface area contributed by atoms with Crippen LogP contribution < -0.4 is 5.73 Å². The van der Waals surface area contributed by atoms with Crippen molar-refractivity contribution in [1.82, 2.24) is 4.98 Å². The van der Waals surface area contributed by atoms with Crippen LogP contribution in [-0.4, -0.2) is 17.0 Å². The van der Waals surface area contributed by atoms with Crippen molar-refractivity contribution in [1.29, 1.82) is 0 Å². The molecule has 0 radical (unpaired) electrons. The molecule has 1 aromatic carbocycles. The smallest absolute Gasteiger partial charge is 0.196 e. The Morgan fingerprint density at radius 2 is 2.36 bits per heavy atom. The van der Waals surface area contributed by atoms with Gasteiger partial charge in [0.2, 0.25) is 0 Å². The molecule has 2 aromatic rings. The molecule has 0 aliphatic heterocycles. The fourth-order valence-electron chi connectivity index (χ4n) is 1.29. The van der Waals surface area contributed by atoms with Gasteiger partial charge in [0.1, 0.15) is 5.52 Å². The van der Waals surface area contributed by atoms with Crippen molar-refractivity contribution in [2.75, 3.05) is 17.7 Å². The fraction of sp³-hybridized carbons (Fsp3) is 0.300. The van der Waals surface area contributed by atoms with Crippen molar-refractivity contribution in [2.24, 2.45) is 0 Å². The van der Waals surface area contributed by atoms with Crippen LogP contribution in [0.2, 0.25) is 0 Å². The molecule has 14 heavy (non-hydrogen) atoms. The molecular formula is C10H12N2OS. The Kier molecular flexibility index (Phi) is 2.63. The van der Waals surface area contributed by atoms with Crippen molar-refractivity contribution in [2.45, 2.75) is 6.42 Å². The summed E-state index contributed by atoms with van der Waals surface area (Å²) in [5.74, 6) is 1.82. The topological polar surface area (TPSA) is 52.0 Å².